The van der Waals surface area contributed by atoms with E-state index in [1.165, 1.54) is 27.7 Å². The van der Waals surface area contributed by atoms with E-state index in [9.17, 15) is 24.0 Å². The van der Waals surface area contributed by atoms with Crippen LogP contribution in [0.15, 0.2) is 60.7 Å². The number of carbonyl (C=O) groups is 5. The Hall–Kier alpha value is -4.41. The third-order valence-electron chi connectivity index (χ3n) is 5.71. The fourth-order valence-corrected chi connectivity index (χ4v) is 3.40. The van der Waals surface area contributed by atoms with Gasteiger partial charge in [0, 0.05) is 6.42 Å². The summed E-state index contributed by atoms with van der Waals surface area (Å²) < 4.78 is 5.30. The van der Waals surface area contributed by atoms with E-state index in [0.29, 0.717) is 0 Å². The molecule has 5 N–H and O–H groups in total. The Bertz CT molecular complexity index is 1130. The molecule has 2 rings (SSSR count). The van der Waals surface area contributed by atoms with Crippen molar-refractivity contribution < 1.29 is 33.8 Å². The lowest BCUT2D eigenvalue weighted by Gasteiger charge is -2.31. The molecule has 0 saturated heterocycles. The molecule has 4 atom stereocenters. The summed E-state index contributed by atoms with van der Waals surface area (Å²) in [6.07, 6.45) is -0.697. The van der Waals surface area contributed by atoms with Gasteiger partial charge in [-0.1, -0.05) is 60.7 Å². The van der Waals surface area contributed by atoms with Crippen LogP contribution in [0.3, 0.4) is 0 Å². The van der Waals surface area contributed by atoms with Gasteiger partial charge in [-0.15, -0.1) is 0 Å². The van der Waals surface area contributed by atoms with Gasteiger partial charge >= 0.3 is 12.1 Å². The Balaban J connectivity index is 2.06. The van der Waals surface area contributed by atoms with Crippen molar-refractivity contribution in [2.45, 2.75) is 64.4 Å². The van der Waals surface area contributed by atoms with Crippen LogP contribution >= 0.6 is 0 Å². The van der Waals surface area contributed by atoms with Crippen molar-refractivity contribution in [3.8, 4) is 0 Å². The lowest BCUT2D eigenvalue weighted by molar-refractivity contribution is -0.141. The number of rotatable bonds is 12. The van der Waals surface area contributed by atoms with Crippen molar-refractivity contribution in [3.63, 3.8) is 0 Å². The molecule has 0 fully saturated rings. The maximum atomic E-state index is 13.3. The summed E-state index contributed by atoms with van der Waals surface area (Å²) in [5.41, 5.74) is 0.0605. The molecule has 0 aliphatic rings. The molecule has 0 unspecified atom stereocenters. The Morgan fingerprint density at radius 1 is 0.763 bits per heavy atom. The van der Waals surface area contributed by atoms with Crippen LogP contribution in [-0.2, 0) is 36.9 Å². The molecule has 204 valence electrons. The number of ether oxygens (including phenoxy) is 1. The fraction of sp³-hybridized carbons (Fsp3) is 0.370. The largest absolute Gasteiger partial charge is 0.480 e. The van der Waals surface area contributed by atoms with Gasteiger partial charge in [0.25, 0.3) is 0 Å². The molecular formula is C27H34N4O7. The normalized spacial score (nSPS) is 14.5. The second-order valence-electron chi connectivity index (χ2n) is 9.18. The fourth-order valence-electron chi connectivity index (χ4n) is 3.40. The Labute approximate surface area is 221 Å². The van der Waals surface area contributed by atoms with Gasteiger partial charge in [0.1, 0.15) is 30.3 Å². The second kappa shape index (κ2) is 13.8. The van der Waals surface area contributed by atoms with Gasteiger partial charge in [0.05, 0.1) is 0 Å². The summed E-state index contributed by atoms with van der Waals surface area (Å²) in [7, 11) is 0. The zero-order chi connectivity index (χ0) is 28.3. The van der Waals surface area contributed by atoms with Crippen molar-refractivity contribution in [2.24, 2.45) is 0 Å². The summed E-state index contributed by atoms with van der Waals surface area (Å²) >= 11 is 0. The number of hydrogen-bond donors (Lipinski definition) is 5. The smallest absolute Gasteiger partial charge is 0.408 e. The van der Waals surface area contributed by atoms with E-state index in [1.54, 1.807) is 36.4 Å². The second-order valence-corrected chi connectivity index (χ2v) is 9.18. The number of carbonyl (C=O) groups excluding carboxylic acids is 4. The van der Waals surface area contributed by atoms with Gasteiger partial charge in [-0.3, -0.25) is 19.2 Å². The van der Waals surface area contributed by atoms with E-state index in [4.69, 9.17) is 9.84 Å². The van der Waals surface area contributed by atoms with Gasteiger partial charge in [-0.2, -0.15) is 0 Å². The zero-order valence-corrected chi connectivity index (χ0v) is 21.8. The molecule has 0 bridgehead atoms. The Morgan fingerprint density at radius 3 is 1.76 bits per heavy atom. The van der Waals surface area contributed by atoms with E-state index < -0.39 is 53.4 Å². The highest BCUT2D eigenvalue weighted by Gasteiger charge is 2.37. The number of alkyl carbamates (subject to hydrolysis) is 1. The van der Waals surface area contributed by atoms with E-state index in [1.807, 2.05) is 24.3 Å². The van der Waals surface area contributed by atoms with Crippen molar-refractivity contribution >= 4 is 29.8 Å². The summed E-state index contributed by atoms with van der Waals surface area (Å²) in [5.74, 6) is -3.22. The molecule has 0 radical (unpaired) electrons. The van der Waals surface area contributed by atoms with Crippen molar-refractivity contribution in [1.82, 2.24) is 21.3 Å². The first-order valence-corrected chi connectivity index (χ1v) is 12.1. The summed E-state index contributed by atoms with van der Waals surface area (Å²) in [4.78, 5) is 61.7. The average molecular weight is 527 g/mol. The molecular weight excluding hydrogens is 492 g/mol. The Kier molecular flexibility index (Phi) is 10.8. The molecule has 11 nitrogen and oxygen atoms in total. The zero-order valence-electron chi connectivity index (χ0n) is 21.8. The van der Waals surface area contributed by atoms with Crippen molar-refractivity contribution in [3.05, 3.63) is 71.8 Å². The SMILES string of the molecule is C[C@H](NC(=O)[C@H](C)NC(=O)[C@H](C)NC(=O)[C@](C)(Cc1ccccc1)NC(=O)OCc1ccccc1)C(=O)O. The van der Waals surface area contributed by atoms with E-state index in [-0.39, 0.29) is 13.0 Å². The molecule has 2 aromatic rings. The summed E-state index contributed by atoms with van der Waals surface area (Å²) in [5, 5.41) is 18.8. The monoisotopic (exact) mass is 526 g/mol. The van der Waals surface area contributed by atoms with Crippen LogP contribution in [-0.4, -0.2) is 58.6 Å². The number of benzene rings is 2. The molecule has 0 spiro atoms. The maximum absolute atomic E-state index is 13.3. The predicted octanol–water partition coefficient (Wildman–Crippen LogP) is 1.51. The van der Waals surface area contributed by atoms with Gasteiger partial charge in [0.2, 0.25) is 17.7 Å². The maximum Gasteiger partial charge on any atom is 0.408 e. The molecule has 0 heterocycles. The highest BCUT2D eigenvalue weighted by atomic mass is 16.5. The average Bonchev–Trinajstić information content (AvgIpc) is 2.88. The van der Waals surface area contributed by atoms with Crippen LogP contribution in [0, 0.1) is 0 Å². The van der Waals surface area contributed by atoms with Gasteiger partial charge in [-0.25, -0.2) is 4.79 Å². The highest BCUT2D eigenvalue weighted by molar-refractivity contribution is 5.95. The molecule has 2 aromatic carbocycles. The highest BCUT2D eigenvalue weighted by Crippen LogP contribution is 2.15. The number of nitrogens with one attached hydrogen (secondary N) is 4. The third-order valence-corrected chi connectivity index (χ3v) is 5.71. The molecule has 0 saturated carbocycles. The predicted molar refractivity (Wildman–Crippen MR) is 139 cm³/mol. The third kappa shape index (κ3) is 9.23. The first kappa shape index (κ1) is 29.8. The van der Waals surface area contributed by atoms with Gasteiger partial charge < -0.3 is 31.1 Å². The molecule has 0 aliphatic heterocycles. The Morgan fingerprint density at radius 2 is 1.24 bits per heavy atom. The molecule has 0 aromatic heterocycles. The first-order valence-electron chi connectivity index (χ1n) is 12.1. The van der Waals surface area contributed by atoms with E-state index in [2.05, 4.69) is 21.3 Å². The van der Waals surface area contributed by atoms with Crippen LogP contribution in [0.4, 0.5) is 4.79 Å². The topological polar surface area (TPSA) is 163 Å². The lowest BCUT2D eigenvalue weighted by atomic mass is 9.91. The number of carboxylic acid groups (broad SMARTS) is 1. The number of carboxylic acids is 1. The molecule has 38 heavy (non-hydrogen) atoms. The number of aliphatic carboxylic acids is 1. The molecule has 0 aliphatic carbocycles. The van der Waals surface area contributed by atoms with Crippen molar-refractivity contribution in [1.29, 1.82) is 0 Å². The van der Waals surface area contributed by atoms with E-state index in [0.717, 1.165) is 11.1 Å². The van der Waals surface area contributed by atoms with Crippen LogP contribution in [0.25, 0.3) is 0 Å². The lowest BCUT2D eigenvalue weighted by Crippen LogP contribution is -2.61. The molecule has 11 heteroatoms. The minimum Gasteiger partial charge on any atom is -0.480 e. The summed E-state index contributed by atoms with van der Waals surface area (Å²) in [6, 6.07) is 14.8. The molecule has 4 amide bonds. The quantitative estimate of drug-likeness (QED) is 0.280. The van der Waals surface area contributed by atoms with Crippen LogP contribution < -0.4 is 21.3 Å². The van der Waals surface area contributed by atoms with Gasteiger partial charge in [-0.05, 0) is 38.8 Å². The van der Waals surface area contributed by atoms with Crippen LogP contribution in [0.5, 0.6) is 0 Å². The minimum atomic E-state index is -1.48. The first-order chi connectivity index (χ1) is 17.9. The van der Waals surface area contributed by atoms with Crippen LogP contribution in [0.2, 0.25) is 0 Å². The van der Waals surface area contributed by atoms with Crippen molar-refractivity contribution in [2.75, 3.05) is 0 Å². The number of hydrogen-bond acceptors (Lipinski definition) is 6. The minimum absolute atomic E-state index is 0.00889. The van der Waals surface area contributed by atoms with Gasteiger partial charge in [0.15, 0.2) is 0 Å². The van der Waals surface area contributed by atoms with E-state index >= 15 is 0 Å². The van der Waals surface area contributed by atoms with Crippen LogP contribution in [0.1, 0.15) is 38.8 Å². The summed E-state index contributed by atoms with van der Waals surface area (Å²) in [6.45, 7) is 5.64. The number of amides is 4. The standard InChI is InChI=1S/C27H34N4O7/c1-17(22(32)29-19(3)24(34)35)28-23(33)18(2)30-25(36)27(4,15-20-11-7-5-8-12-20)31-26(37)38-16-21-13-9-6-10-14-21/h5-14,17-19H,15-16H2,1-4H3,(H,28,33)(H,29,32)(H,30,36)(H,31,37)(H,34,35)/t17-,18-,19-,27-/m0/s1.